The molecule has 0 aliphatic heterocycles. The number of hydrogen-bond acceptors (Lipinski definition) is 4. The zero-order valence-corrected chi connectivity index (χ0v) is 12.2. The molecule has 0 spiro atoms. The lowest BCUT2D eigenvalue weighted by Gasteiger charge is -2.28. The molecule has 0 heterocycles. The Bertz CT molecular complexity index is 379. The molecule has 0 bridgehead atoms. The smallest absolute Gasteiger partial charge is 0.321 e. The predicted molar refractivity (Wildman–Crippen MR) is 70.2 cm³/mol. The van der Waals surface area contributed by atoms with Crippen LogP contribution in [0.3, 0.4) is 0 Å². The van der Waals surface area contributed by atoms with E-state index in [1.807, 2.05) is 0 Å². The Labute approximate surface area is 109 Å². The molecule has 6 nitrogen and oxygen atoms in total. The molecule has 7 heteroatoms. The average Bonchev–Trinajstić information content (AvgIpc) is 2.27. The summed E-state index contributed by atoms with van der Waals surface area (Å²) in [5.74, 6) is -0.569. The summed E-state index contributed by atoms with van der Waals surface area (Å²) in [5, 5.41) is 0. The van der Waals surface area contributed by atoms with Crippen LogP contribution in [0.1, 0.15) is 20.8 Å². The topological polar surface area (TPSA) is 66.9 Å². The lowest BCUT2D eigenvalue weighted by Crippen LogP contribution is -2.47. The number of nitrogens with zero attached hydrogens (tertiary/aromatic N) is 2. The molecule has 106 valence electrons. The van der Waals surface area contributed by atoms with Crippen LogP contribution in [0.25, 0.3) is 0 Å². The molecule has 0 amide bonds. The van der Waals surface area contributed by atoms with E-state index in [1.165, 1.54) is 17.4 Å². The van der Waals surface area contributed by atoms with Gasteiger partial charge in [-0.15, -0.1) is 6.58 Å². The van der Waals surface area contributed by atoms with Crippen molar-refractivity contribution >= 4 is 16.2 Å². The van der Waals surface area contributed by atoms with Gasteiger partial charge in [0.2, 0.25) is 0 Å². The van der Waals surface area contributed by atoms with Crippen LogP contribution >= 0.6 is 0 Å². The highest BCUT2D eigenvalue weighted by molar-refractivity contribution is 7.86. The van der Waals surface area contributed by atoms with Crippen LogP contribution in [-0.4, -0.2) is 55.8 Å². The zero-order chi connectivity index (χ0) is 14.3. The number of hydrogen-bond donors (Lipinski definition) is 0. The van der Waals surface area contributed by atoms with Crippen molar-refractivity contribution in [1.29, 1.82) is 0 Å². The zero-order valence-electron chi connectivity index (χ0n) is 11.4. The number of ether oxygens (including phenoxy) is 1. The molecule has 0 saturated carbocycles. The number of esters is 1. The van der Waals surface area contributed by atoms with Crippen molar-refractivity contribution in [2.45, 2.75) is 26.8 Å². The quantitative estimate of drug-likeness (QED) is 0.482. The molecular weight excluding hydrogens is 256 g/mol. The lowest BCUT2D eigenvalue weighted by molar-refractivity contribution is -0.143. The molecule has 0 radical (unpaired) electrons. The van der Waals surface area contributed by atoms with Crippen molar-refractivity contribution in [3.8, 4) is 0 Å². The third kappa shape index (κ3) is 4.75. The van der Waals surface area contributed by atoms with Gasteiger partial charge in [0.1, 0.15) is 6.54 Å². The van der Waals surface area contributed by atoms with E-state index in [9.17, 15) is 13.2 Å². The van der Waals surface area contributed by atoms with E-state index in [-0.39, 0.29) is 25.7 Å². The summed E-state index contributed by atoms with van der Waals surface area (Å²) in [5.41, 5.74) is 0. The lowest BCUT2D eigenvalue weighted by atomic mass is 10.4. The summed E-state index contributed by atoms with van der Waals surface area (Å²) in [6, 6.07) is -0.190. The standard InChI is InChI=1S/C11H22N2O4S/c1-6-8-13(9-11(14)17-7-2)18(15,16)12(5)10(3)4/h6,10H,1,7-9H2,2-5H3. The number of carbonyl (C=O) groups excluding carboxylic acids is 1. The normalized spacial score (nSPS) is 12.2. The molecule has 0 aromatic carbocycles. The van der Waals surface area contributed by atoms with Gasteiger partial charge in [0.05, 0.1) is 6.61 Å². The minimum atomic E-state index is -3.68. The molecule has 0 aliphatic rings. The fourth-order valence-corrected chi connectivity index (χ4v) is 2.64. The SMILES string of the molecule is C=CCN(CC(=O)OCC)S(=O)(=O)N(C)C(C)C. The molecule has 0 saturated heterocycles. The van der Waals surface area contributed by atoms with Crippen molar-refractivity contribution in [2.75, 3.05) is 26.7 Å². The molecule has 0 aliphatic carbocycles. The van der Waals surface area contributed by atoms with E-state index >= 15 is 0 Å². The molecule has 0 fully saturated rings. The van der Waals surface area contributed by atoms with Gasteiger partial charge in [0, 0.05) is 19.6 Å². The van der Waals surface area contributed by atoms with Gasteiger partial charge < -0.3 is 4.74 Å². The Morgan fingerprint density at radius 2 is 2.00 bits per heavy atom. The molecule has 18 heavy (non-hydrogen) atoms. The maximum Gasteiger partial charge on any atom is 0.321 e. The first-order valence-corrected chi connectivity index (χ1v) is 7.16. The Morgan fingerprint density at radius 1 is 1.44 bits per heavy atom. The third-order valence-electron chi connectivity index (χ3n) is 2.36. The highest BCUT2D eigenvalue weighted by Crippen LogP contribution is 2.10. The predicted octanol–water partition coefficient (Wildman–Crippen LogP) is 0.623. The van der Waals surface area contributed by atoms with Crippen LogP contribution in [0.2, 0.25) is 0 Å². The highest BCUT2D eigenvalue weighted by Gasteiger charge is 2.29. The van der Waals surface area contributed by atoms with Crippen LogP contribution in [0, 0.1) is 0 Å². The molecule has 0 N–H and O–H groups in total. The van der Waals surface area contributed by atoms with Crippen LogP contribution < -0.4 is 0 Å². The van der Waals surface area contributed by atoms with Crippen molar-refractivity contribution < 1.29 is 17.9 Å². The maximum absolute atomic E-state index is 12.2. The monoisotopic (exact) mass is 278 g/mol. The highest BCUT2D eigenvalue weighted by atomic mass is 32.2. The first kappa shape index (κ1) is 17.1. The molecule has 0 unspecified atom stereocenters. The maximum atomic E-state index is 12.2. The van der Waals surface area contributed by atoms with Gasteiger partial charge in [-0.05, 0) is 20.8 Å². The second-order valence-corrected chi connectivity index (χ2v) is 5.99. The van der Waals surface area contributed by atoms with Gasteiger partial charge in [-0.25, -0.2) is 0 Å². The molecule has 0 atom stereocenters. The summed E-state index contributed by atoms with van der Waals surface area (Å²) in [6.07, 6.45) is 1.44. The van der Waals surface area contributed by atoms with Crippen molar-refractivity contribution in [2.24, 2.45) is 0 Å². The minimum absolute atomic E-state index is 0.0677. The Morgan fingerprint density at radius 3 is 2.39 bits per heavy atom. The minimum Gasteiger partial charge on any atom is -0.465 e. The van der Waals surface area contributed by atoms with E-state index < -0.39 is 16.2 Å². The summed E-state index contributed by atoms with van der Waals surface area (Å²) < 4.78 is 31.4. The van der Waals surface area contributed by atoms with E-state index in [0.29, 0.717) is 0 Å². The van der Waals surface area contributed by atoms with Gasteiger partial charge >= 0.3 is 5.97 Å². The molecule has 0 aromatic rings. The summed E-state index contributed by atoms with van der Waals surface area (Å²) in [7, 11) is -2.21. The van der Waals surface area contributed by atoms with Crippen LogP contribution in [0.4, 0.5) is 0 Å². The second kappa shape index (κ2) is 7.50. The first-order chi connectivity index (χ1) is 8.27. The fourth-order valence-electron chi connectivity index (χ4n) is 1.18. The molecule has 0 rings (SSSR count). The van der Waals surface area contributed by atoms with Gasteiger partial charge in [0.15, 0.2) is 0 Å². The van der Waals surface area contributed by atoms with E-state index in [0.717, 1.165) is 4.31 Å². The van der Waals surface area contributed by atoms with Gasteiger partial charge in [-0.3, -0.25) is 4.79 Å². The molecule has 0 aromatic heterocycles. The molecular formula is C11H22N2O4S. The van der Waals surface area contributed by atoms with E-state index in [2.05, 4.69) is 6.58 Å². The van der Waals surface area contributed by atoms with Crippen LogP contribution in [0.5, 0.6) is 0 Å². The average molecular weight is 278 g/mol. The van der Waals surface area contributed by atoms with Crippen molar-refractivity contribution in [3.63, 3.8) is 0 Å². The Hall–Kier alpha value is -0.920. The van der Waals surface area contributed by atoms with E-state index in [1.54, 1.807) is 20.8 Å². The van der Waals surface area contributed by atoms with Crippen LogP contribution in [-0.2, 0) is 19.7 Å². The third-order valence-corrected chi connectivity index (χ3v) is 4.44. The van der Waals surface area contributed by atoms with Gasteiger partial charge in [-0.1, -0.05) is 6.08 Å². The first-order valence-electron chi connectivity index (χ1n) is 5.77. The summed E-state index contributed by atoms with van der Waals surface area (Å²) in [4.78, 5) is 11.4. The van der Waals surface area contributed by atoms with Crippen molar-refractivity contribution in [1.82, 2.24) is 8.61 Å². The van der Waals surface area contributed by atoms with Crippen LogP contribution in [0.15, 0.2) is 12.7 Å². The Kier molecular flexibility index (Phi) is 7.12. The second-order valence-electron chi connectivity index (χ2n) is 4.00. The number of carbonyl (C=O) groups is 1. The van der Waals surface area contributed by atoms with E-state index in [4.69, 9.17) is 4.74 Å². The van der Waals surface area contributed by atoms with Crippen molar-refractivity contribution in [3.05, 3.63) is 12.7 Å². The Balaban J connectivity index is 4.98. The fraction of sp³-hybridized carbons (Fsp3) is 0.727. The number of rotatable bonds is 8. The van der Waals surface area contributed by atoms with Gasteiger partial charge in [0.25, 0.3) is 10.2 Å². The summed E-state index contributed by atoms with van der Waals surface area (Å²) in [6.45, 7) is 8.67. The largest absolute Gasteiger partial charge is 0.465 e. The summed E-state index contributed by atoms with van der Waals surface area (Å²) >= 11 is 0. The van der Waals surface area contributed by atoms with Gasteiger partial charge in [-0.2, -0.15) is 17.0 Å².